The molecule has 1 N–H and O–H groups in total. The third-order valence-electron chi connectivity index (χ3n) is 3.37. The van der Waals surface area contributed by atoms with Crippen LogP contribution in [0.5, 0.6) is 5.75 Å². The number of anilines is 1. The van der Waals surface area contributed by atoms with Crippen molar-refractivity contribution in [2.75, 3.05) is 12.4 Å². The van der Waals surface area contributed by atoms with Gasteiger partial charge in [-0.1, -0.05) is 36.7 Å². The molecule has 1 atom stereocenters. The first-order chi connectivity index (χ1) is 10.2. The van der Waals surface area contributed by atoms with Gasteiger partial charge < -0.3 is 10.1 Å². The van der Waals surface area contributed by atoms with Gasteiger partial charge in [-0.2, -0.15) is 5.26 Å². The molecule has 0 aliphatic carbocycles. The average molecular weight is 301 g/mol. The van der Waals surface area contributed by atoms with Gasteiger partial charge in [-0.3, -0.25) is 0 Å². The molecule has 0 bridgehead atoms. The van der Waals surface area contributed by atoms with Gasteiger partial charge in [-0.05, 0) is 36.2 Å². The summed E-state index contributed by atoms with van der Waals surface area (Å²) in [5.41, 5.74) is 2.42. The van der Waals surface area contributed by atoms with Crippen LogP contribution in [0.2, 0.25) is 5.02 Å². The zero-order valence-corrected chi connectivity index (χ0v) is 12.8. The molecule has 1 unspecified atom stereocenters. The van der Waals surface area contributed by atoms with Crippen molar-refractivity contribution in [3.8, 4) is 11.8 Å². The molecule has 2 rings (SSSR count). The number of halogens is 1. The number of nitriles is 1. The van der Waals surface area contributed by atoms with Crippen molar-refractivity contribution in [1.82, 2.24) is 0 Å². The highest BCUT2D eigenvalue weighted by Gasteiger charge is 2.15. The number of nitrogens with zero attached hydrogens (tertiary/aromatic N) is 1. The Morgan fingerprint density at radius 2 is 1.95 bits per heavy atom. The van der Waals surface area contributed by atoms with Crippen molar-refractivity contribution in [2.45, 2.75) is 19.4 Å². The van der Waals surface area contributed by atoms with Gasteiger partial charge in [0.2, 0.25) is 0 Å². The number of nitrogens with one attached hydrogen (secondary N) is 1. The lowest BCUT2D eigenvalue weighted by atomic mass is 10.0. The van der Waals surface area contributed by atoms with Crippen LogP contribution < -0.4 is 10.1 Å². The van der Waals surface area contributed by atoms with E-state index in [1.165, 1.54) is 0 Å². The van der Waals surface area contributed by atoms with E-state index in [2.05, 4.69) is 18.3 Å². The zero-order chi connectivity index (χ0) is 15.2. The van der Waals surface area contributed by atoms with E-state index in [-0.39, 0.29) is 6.04 Å². The summed E-state index contributed by atoms with van der Waals surface area (Å²) < 4.78 is 5.35. The summed E-state index contributed by atoms with van der Waals surface area (Å²) in [6, 6.07) is 15.4. The second-order valence-corrected chi connectivity index (χ2v) is 5.09. The summed E-state index contributed by atoms with van der Waals surface area (Å²) in [5, 5.41) is 13.4. The molecule has 0 saturated heterocycles. The predicted octanol–water partition coefficient (Wildman–Crippen LogP) is 4.78. The normalized spacial score (nSPS) is 11.5. The summed E-state index contributed by atoms with van der Waals surface area (Å²) >= 11 is 5.93. The van der Waals surface area contributed by atoms with E-state index in [1.54, 1.807) is 13.2 Å². The number of hydrogen-bond donors (Lipinski definition) is 1. The maximum Gasteiger partial charge on any atom is 0.143 e. The Hall–Kier alpha value is -2.18. The molecule has 0 amide bonds. The minimum atomic E-state index is 0.0886. The fraction of sp³-hybridized carbons (Fsp3) is 0.235. The van der Waals surface area contributed by atoms with E-state index in [0.29, 0.717) is 16.3 Å². The van der Waals surface area contributed by atoms with E-state index >= 15 is 0 Å². The monoisotopic (exact) mass is 300 g/mol. The molecule has 2 aromatic rings. The van der Waals surface area contributed by atoms with Crippen LogP contribution >= 0.6 is 11.6 Å². The molecule has 0 heterocycles. The van der Waals surface area contributed by atoms with Crippen LogP contribution in [-0.4, -0.2) is 7.11 Å². The third kappa shape index (κ3) is 3.48. The molecule has 0 aliphatic rings. The fourth-order valence-electron chi connectivity index (χ4n) is 2.23. The van der Waals surface area contributed by atoms with E-state index in [4.69, 9.17) is 16.3 Å². The molecule has 108 valence electrons. The Kier molecular flexibility index (Phi) is 5.08. The maximum atomic E-state index is 9.27. The summed E-state index contributed by atoms with van der Waals surface area (Å²) in [6.45, 7) is 2.09. The molecule has 0 aliphatic heterocycles. The quantitative estimate of drug-likeness (QED) is 0.864. The number of rotatable bonds is 5. The number of hydrogen-bond acceptors (Lipinski definition) is 3. The maximum absolute atomic E-state index is 9.27. The highest BCUT2D eigenvalue weighted by molar-refractivity contribution is 6.30. The molecule has 0 aromatic heterocycles. The van der Waals surface area contributed by atoms with Crippen molar-refractivity contribution in [3.05, 3.63) is 58.6 Å². The Bertz CT molecular complexity index is 647. The molecule has 0 radical (unpaired) electrons. The fourth-order valence-corrected chi connectivity index (χ4v) is 2.36. The molecule has 0 spiro atoms. The smallest absolute Gasteiger partial charge is 0.143 e. The lowest BCUT2D eigenvalue weighted by Gasteiger charge is -2.21. The lowest BCUT2D eigenvalue weighted by Crippen LogP contribution is -2.11. The van der Waals surface area contributed by atoms with Crippen molar-refractivity contribution in [2.24, 2.45) is 0 Å². The number of ether oxygens (including phenoxy) is 1. The molecule has 0 fully saturated rings. The van der Waals surface area contributed by atoms with Crippen LogP contribution in [-0.2, 0) is 0 Å². The van der Waals surface area contributed by atoms with Gasteiger partial charge >= 0.3 is 0 Å². The Morgan fingerprint density at radius 3 is 2.52 bits per heavy atom. The molecular weight excluding hydrogens is 284 g/mol. The topological polar surface area (TPSA) is 45.0 Å². The average Bonchev–Trinajstić information content (AvgIpc) is 2.53. The Labute approximate surface area is 130 Å². The van der Waals surface area contributed by atoms with Crippen LogP contribution in [0.25, 0.3) is 0 Å². The Morgan fingerprint density at radius 1 is 1.24 bits per heavy atom. The van der Waals surface area contributed by atoms with E-state index < -0.39 is 0 Å². The van der Waals surface area contributed by atoms with Gasteiger partial charge in [0, 0.05) is 5.02 Å². The number of para-hydroxylation sites is 1. The minimum absolute atomic E-state index is 0.0886. The zero-order valence-electron chi connectivity index (χ0n) is 12.1. The second-order valence-electron chi connectivity index (χ2n) is 4.65. The van der Waals surface area contributed by atoms with Gasteiger partial charge in [0.25, 0.3) is 0 Å². The molecule has 4 heteroatoms. The molecule has 21 heavy (non-hydrogen) atoms. The van der Waals surface area contributed by atoms with Crippen molar-refractivity contribution in [3.63, 3.8) is 0 Å². The van der Waals surface area contributed by atoms with Crippen molar-refractivity contribution >= 4 is 17.3 Å². The minimum Gasteiger partial charge on any atom is -0.495 e. The molecular formula is C17H17ClN2O. The van der Waals surface area contributed by atoms with Crippen LogP contribution in [0, 0.1) is 11.3 Å². The first kappa shape index (κ1) is 15.2. The van der Waals surface area contributed by atoms with Gasteiger partial charge in [0.15, 0.2) is 0 Å². The van der Waals surface area contributed by atoms with Crippen LogP contribution in [0.15, 0.2) is 42.5 Å². The number of benzene rings is 2. The van der Waals surface area contributed by atoms with Gasteiger partial charge in [0.1, 0.15) is 11.8 Å². The first-order valence-electron chi connectivity index (χ1n) is 6.78. The van der Waals surface area contributed by atoms with Gasteiger partial charge in [-0.25, -0.2) is 0 Å². The van der Waals surface area contributed by atoms with E-state index in [0.717, 1.165) is 17.7 Å². The highest BCUT2D eigenvalue weighted by atomic mass is 35.5. The standard InChI is InChI=1S/C17H17ClN2O/c1-3-15(12-7-9-14(18)10-8-12)20-17-13(11-19)5-4-6-16(17)21-2/h4-10,15,20H,3H2,1-2H3. The predicted molar refractivity (Wildman–Crippen MR) is 85.8 cm³/mol. The second kappa shape index (κ2) is 7.01. The summed E-state index contributed by atoms with van der Waals surface area (Å²) in [7, 11) is 1.60. The summed E-state index contributed by atoms with van der Waals surface area (Å²) in [5.74, 6) is 0.668. The van der Waals surface area contributed by atoms with Crippen molar-refractivity contribution < 1.29 is 4.74 Å². The SMILES string of the molecule is CCC(Nc1c(C#N)cccc1OC)c1ccc(Cl)cc1. The van der Waals surface area contributed by atoms with Crippen molar-refractivity contribution in [1.29, 1.82) is 5.26 Å². The first-order valence-corrected chi connectivity index (χ1v) is 7.16. The third-order valence-corrected chi connectivity index (χ3v) is 3.62. The summed E-state index contributed by atoms with van der Waals surface area (Å²) in [4.78, 5) is 0. The van der Waals surface area contributed by atoms with E-state index in [1.807, 2.05) is 36.4 Å². The highest BCUT2D eigenvalue weighted by Crippen LogP contribution is 2.32. The van der Waals surface area contributed by atoms with Gasteiger partial charge in [-0.15, -0.1) is 0 Å². The number of methoxy groups -OCH3 is 1. The largest absolute Gasteiger partial charge is 0.495 e. The lowest BCUT2D eigenvalue weighted by molar-refractivity contribution is 0.415. The Balaban J connectivity index is 2.35. The van der Waals surface area contributed by atoms with E-state index in [9.17, 15) is 5.26 Å². The van der Waals surface area contributed by atoms with Gasteiger partial charge in [0.05, 0.1) is 24.4 Å². The van der Waals surface area contributed by atoms with Crippen LogP contribution in [0.4, 0.5) is 5.69 Å². The van der Waals surface area contributed by atoms with Crippen LogP contribution in [0.1, 0.15) is 30.5 Å². The summed E-state index contributed by atoms with van der Waals surface area (Å²) in [6.07, 6.45) is 0.880. The van der Waals surface area contributed by atoms with Crippen LogP contribution in [0.3, 0.4) is 0 Å². The molecule has 0 saturated carbocycles. The molecule has 2 aromatic carbocycles. The molecule has 3 nitrogen and oxygen atoms in total.